The lowest BCUT2D eigenvalue weighted by Gasteiger charge is -2.25. The molecule has 0 saturated carbocycles. The van der Waals surface area contributed by atoms with E-state index < -0.39 is 15.6 Å². The first-order valence-electron chi connectivity index (χ1n) is 5.53. The maximum atomic E-state index is 12.2. The first-order chi connectivity index (χ1) is 8.18. The third-order valence-electron chi connectivity index (χ3n) is 2.35. The molecule has 0 spiro atoms. The number of aromatic nitrogens is 1. The Morgan fingerprint density at radius 1 is 1.50 bits per heavy atom. The summed E-state index contributed by atoms with van der Waals surface area (Å²) in [6, 6.07) is 1.44. The highest BCUT2D eigenvalue weighted by Crippen LogP contribution is 2.24. The van der Waals surface area contributed by atoms with E-state index in [2.05, 4.69) is 25.6 Å². The summed E-state index contributed by atoms with van der Waals surface area (Å²) in [6.07, 6.45) is 3.09. The second-order valence-corrected chi connectivity index (χ2v) is 7.61. The highest BCUT2D eigenvalue weighted by Gasteiger charge is 2.27. The Kier molecular flexibility index (Phi) is 5.17. The van der Waals surface area contributed by atoms with Gasteiger partial charge in [0.25, 0.3) is 0 Å². The van der Waals surface area contributed by atoms with E-state index in [4.69, 9.17) is 11.6 Å². The van der Waals surface area contributed by atoms with E-state index >= 15 is 0 Å². The molecule has 102 valence electrons. The Labute approximate surface area is 121 Å². The lowest BCUT2D eigenvalue weighted by molar-refractivity contribution is 0.417. The van der Waals surface area contributed by atoms with Crippen LogP contribution in [0.2, 0.25) is 5.15 Å². The van der Waals surface area contributed by atoms with E-state index in [0.29, 0.717) is 4.47 Å². The Morgan fingerprint density at radius 3 is 2.67 bits per heavy atom. The molecule has 0 aliphatic heterocycles. The summed E-state index contributed by atoms with van der Waals surface area (Å²) < 4.78 is 27.7. The molecule has 1 rings (SSSR count). The van der Waals surface area contributed by atoms with Crippen molar-refractivity contribution in [2.45, 2.75) is 44.0 Å². The molecule has 0 atom stereocenters. The highest BCUT2D eigenvalue weighted by atomic mass is 79.9. The minimum Gasteiger partial charge on any atom is -0.242 e. The van der Waals surface area contributed by atoms with Crippen LogP contribution in [-0.2, 0) is 10.0 Å². The van der Waals surface area contributed by atoms with Gasteiger partial charge >= 0.3 is 0 Å². The van der Waals surface area contributed by atoms with Crippen LogP contribution >= 0.6 is 27.5 Å². The van der Waals surface area contributed by atoms with Gasteiger partial charge in [0.05, 0.1) is 0 Å². The van der Waals surface area contributed by atoms with Crippen LogP contribution in [0.25, 0.3) is 0 Å². The van der Waals surface area contributed by atoms with Gasteiger partial charge in [-0.05, 0) is 42.3 Å². The van der Waals surface area contributed by atoms with Gasteiger partial charge in [-0.2, -0.15) is 0 Å². The number of nitrogens with zero attached hydrogens (tertiary/aromatic N) is 1. The Balaban J connectivity index is 3.11. The van der Waals surface area contributed by atoms with E-state index in [1.54, 1.807) is 0 Å². The van der Waals surface area contributed by atoms with E-state index in [1.807, 2.05) is 20.8 Å². The maximum absolute atomic E-state index is 12.2. The first kappa shape index (κ1) is 15.9. The fourth-order valence-electron chi connectivity index (χ4n) is 1.69. The molecule has 1 aromatic heterocycles. The number of hydrogen-bond donors (Lipinski definition) is 1. The molecule has 0 amide bonds. The average Bonchev–Trinajstić information content (AvgIpc) is 2.19. The second-order valence-electron chi connectivity index (χ2n) is 4.68. The minimum atomic E-state index is -3.67. The summed E-state index contributed by atoms with van der Waals surface area (Å²) in [4.78, 5) is 3.81. The smallest absolute Gasteiger partial charge is 0.242 e. The molecule has 18 heavy (non-hydrogen) atoms. The summed E-state index contributed by atoms with van der Waals surface area (Å²) in [6.45, 7) is 5.68. The molecular formula is C11H16BrClN2O2S. The molecule has 0 saturated heterocycles. The number of hydrogen-bond acceptors (Lipinski definition) is 3. The number of nitrogens with one attached hydrogen (secondary N) is 1. The predicted molar refractivity (Wildman–Crippen MR) is 76.3 cm³/mol. The average molecular weight is 356 g/mol. The van der Waals surface area contributed by atoms with Crippen LogP contribution in [0, 0.1) is 0 Å². The van der Waals surface area contributed by atoms with Crippen molar-refractivity contribution in [1.82, 2.24) is 9.71 Å². The molecule has 4 nitrogen and oxygen atoms in total. The van der Waals surface area contributed by atoms with Gasteiger partial charge in [-0.15, -0.1) is 0 Å². The third-order valence-corrected chi connectivity index (χ3v) is 4.91. The molecule has 0 aliphatic rings. The standard InChI is InChI=1S/C11H16BrClN2O2S/c1-4-5-11(2,3)15-18(16,17)9-6-8(12)7-14-10(9)13/h6-7,15H,4-5H2,1-3H3. The largest absolute Gasteiger partial charge is 0.244 e. The van der Waals surface area contributed by atoms with Crippen molar-refractivity contribution in [3.63, 3.8) is 0 Å². The van der Waals surface area contributed by atoms with Gasteiger partial charge in [-0.1, -0.05) is 24.9 Å². The molecule has 1 aromatic rings. The predicted octanol–water partition coefficient (Wildman–Crippen LogP) is 3.35. The van der Waals surface area contributed by atoms with Gasteiger partial charge in [0.1, 0.15) is 10.0 Å². The normalized spacial score (nSPS) is 12.7. The van der Waals surface area contributed by atoms with Crippen molar-refractivity contribution in [2.24, 2.45) is 0 Å². The van der Waals surface area contributed by atoms with Gasteiger partial charge in [0.2, 0.25) is 10.0 Å². The minimum absolute atomic E-state index is 0.0114. The van der Waals surface area contributed by atoms with E-state index in [-0.39, 0.29) is 10.0 Å². The maximum Gasteiger partial charge on any atom is 0.244 e. The second kappa shape index (κ2) is 5.86. The molecule has 0 bridgehead atoms. The van der Waals surface area contributed by atoms with Crippen LogP contribution < -0.4 is 4.72 Å². The fraction of sp³-hybridized carbons (Fsp3) is 0.545. The SMILES string of the molecule is CCCC(C)(C)NS(=O)(=O)c1cc(Br)cnc1Cl. The van der Waals surface area contributed by atoms with Crippen LogP contribution in [0.15, 0.2) is 21.6 Å². The molecule has 0 unspecified atom stereocenters. The lowest BCUT2D eigenvalue weighted by atomic mass is 10.0. The Bertz CT molecular complexity index is 532. The summed E-state index contributed by atoms with van der Waals surface area (Å²) in [5, 5.41) is -0.0296. The summed E-state index contributed by atoms with van der Waals surface area (Å²) in [5.74, 6) is 0. The van der Waals surface area contributed by atoms with Gasteiger partial charge < -0.3 is 0 Å². The quantitative estimate of drug-likeness (QED) is 0.824. The summed E-state index contributed by atoms with van der Waals surface area (Å²) in [5.41, 5.74) is -0.515. The molecule has 0 radical (unpaired) electrons. The molecule has 0 aromatic carbocycles. The third kappa shape index (κ3) is 4.19. The highest BCUT2D eigenvalue weighted by molar-refractivity contribution is 9.10. The van der Waals surface area contributed by atoms with Gasteiger partial charge in [-0.25, -0.2) is 18.1 Å². The van der Waals surface area contributed by atoms with Crippen LogP contribution in [0.4, 0.5) is 0 Å². The number of pyridine rings is 1. The fourth-order valence-corrected chi connectivity index (χ4v) is 4.07. The van der Waals surface area contributed by atoms with E-state index in [9.17, 15) is 8.42 Å². The van der Waals surface area contributed by atoms with Crippen molar-refractivity contribution in [1.29, 1.82) is 0 Å². The molecule has 1 heterocycles. The van der Waals surface area contributed by atoms with E-state index in [0.717, 1.165) is 12.8 Å². The van der Waals surface area contributed by atoms with Crippen molar-refractivity contribution in [3.05, 3.63) is 21.9 Å². The van der Waals surface area contributed by atoms with Gasteiger partial charge in [-0.3, -0.25) is 0 Å². The van der Waals surface area contributed by atoms with Gasteiger partial charge in [0, 0.05) is 16.2 Å². The zero-order valence-corrected chi connectivity index (χ0v) is 13.7. The van der Waals surface area contributed by atoms with Crippen LogP contribution in [0.5, 0.6) is 0 Å². The summed E-state index contributed by atoms with van der Waals surface area (Å²) in [7, 11) is -3.67. The number of rotatable bonds is 5. The molecule has 0 fully saturated rings. The number of halogens is 2. The van der Waals surface area contributed by atoms with Crippen molar-refractivity contribution < 1.29 is 8.42 Å². The molecule has 7 heteroatoms. The Morgan fingerprint density at radius 2 is 2.11 bits per heavy atom. The van der Waals surface area contributed by atoms with Crippen molar-refractivity contribution >= 4 is 37.6 Å². The first-order valence-corrected chi connectivity index (χ1v) is 8.18. The Hall–Kier alpha value is -0.170. The molecule has 1 N–H and O–H groups in total. The van der Waals surface area contributed by atoms with Crippen molar-refractivity contribution in [3.8, 4) is 0 Å². The zero-order chi connectivity index (χ0) is 14.0. The zero-order valence-electron chi connectivity index (χ0n) is 10.5. The van der Waals surface area contributed by atoms with E-state index in [1.165, 1.54) is 12.3 Å². The topological polar surface area (TPSA) is 59.1 Å². The molecule has 0 aliphatic carbocycles. The monoisotopic (exact) mass is 354 g/mol. The van der Waals surface area contributed by atoms with Crippen molar-refractivity contribution in [2.75, 3.05) is 0 Å². The van der Waals surface area contributed by atoms with Gasteiger partial charge in [0.15, 0.2) is 0 Å². The van der Waals surface area contributed by atoms with Crippen LogP contribution in [0.1, 0.15) is 33.6 Å². The number of sulfonamides is 1. The molecular weight excluding hydrogens is 340 g/mol. The lowest BCUT2D eigenvalue weighted by Crippen LogP contribution is -2.43. The van der Waals surface area contributed by atoms with Crippen LogP contribution in [-0.4, -0.2) is 18.9 Å². The summed E-state index contributed by atoms with van der Waals surface area (Å²) >= 11 is 9.02. The van der Waals surface area contributed by atoms with Crippen LogP contribution in [0.3, 0.4) is 0 Å².